The van der Waals surface area contributed by atoms with Crippen molar-refractivity contribution >= 4 is 5.69 Å². The van der Waals surface area contributed by atoms with Crippen LogP contribution >= 0.6 is 0 Å². The van der Waals surface area contributed by atoms with Gasteiger partial charge >= 0.3 is 0 Å². The summed E-state index contributed by atoms with van der Waals surface area (Å²) in [6, 6.07) is 7.78. The van der Waals surface area contributed by atoms with Crippen molar-refractivity contribution in [3.63, 3.8) is 0 Å². The molecule has 0 amide bonds. The van der Waals surface area contributed by atoms with E-state index in [2.05, 4.69) is 15.2 Å². The molecule has 2 atom stereocenters. The van der Waals surface area contributed by atoms with Crippen molar-refractivity contribution in [1.82, 2.24) is 10.3 Å². The summed E-state index contributed by atoms with van der Waals surface area (Å²) in [5.74, 6) is 0.619. The van der Waals surface area contributed by atoms with Crippen LogP contribution in [-0.2, 0) is 0 Å². The van der Waals surface area contributed by atoms with Crippen molar-refractivity contribution in [2.45, 2.75) is 12.5 Å². The smallest absolute Gasteiger partial charge is 0.172 e. The van der Waals surface area contributed by atoms with Gasteiger partial charge in [0.05, 0.1) is 19.0 Å². The maximum atomic E-state index is 14.5. The molecule has 0 saturated carbocycles. The molecule has 2 unspecified atom stereocenters. The minimum atomic E-state index is -0.339. The number of pyridine rings is 1. The maximum Gasteiger partial charge on any atom is 0.172 e. The second kappa shape index (κ2) is 5.81. The predicted molar refractivity (Wildman–Crippen MR) is 88.3 cm³/mol. The topological polar surface area (TPSA) is 37.4 Å². The molecule has 0 spiro atoms. The average molecular weight is 313 g/mol. The van der Waals surface area contributed by atoms with Crippen LogP contribution in [-0.4, -0.2) is 37.8 Å². The lowest BCUT2D eigenvalue weighted by Crippen LogP contribution is -2.41. The van der Waals surface area contributed by atoms with Crippen molar-refractivity contribution in [2.75, 3.05) is 31.6 Å². The Balaban J connectivity index is 1.67. The van der Waals surface area contributed by atoms with Gasteiger partial charge in [0.25, 0.3) is 0 Å². The molecule has 0 radical (unpaired) electrons. The normalized spacial score (nSPS) is 23.1. The van der Waals surface area contributed by atoms with E-state index in [0.717, 1.165) is 30.9 Å². The first-order chi connectivity index (χ1) is 11.2. The van der Waals surface area contributed by atoms with Gasteiger partial charge in [-0.15, -0.1) is 0 Å². The highest BCUT2D eigenvalue weighted by atomic mass is 19.1. The Labute approximate surface area is 135 Å². The first kappa shape index (κ1) is 14.5. The van der Waals surface area contributed by atoms with Gasteiger partial charge in [-0.05, 0) is 24.5 Å². The Morgan fingerprint density at radius 3 is 3.04 bits per heavy atom. The Morgan fingerprint density at radius 2 is 2.22 bits per heavy atom. The molecule has 2 aliphatic rings. The number of nitrogens with one attached hydrogen (secondary N) is 1. The zero-order valence-electron chi connectivity index (χ0n) is 13.1. The predicted octanol–water partition coefficient (Wildman–Crippen LogP) is 2.69. The van der Waals surface area contributed by atoms with Crippen molar-refractivity contribution in [2.24, 2.45) is 5.92 Å². The molecule has 2 aromatic rings. The van der Waals surface area contributed by atoms with Crippen LogP contribution in [0.25, 0.3) is 11.1 Å². The highest BCUT2D eigenvalue weighted by Crippen LogP contribution is 2.32. The quantitative estimate of drug-likeness (QED) is 0.945. The zero-order chi connectivity index (χ0) is 15.8. The third-order valence-electron chi connectivity index (χ3n) is 4.82. The molecular formula is C18H20FN3O. The molecule has 2 aliphatic heterocycles. The van der Waals surface area contributed by atoms with Crippen LogP contribution in [0.1, 0.15) is 6.42 Å². The largest absolute Gasteiger partial charge is 0.494 e. The van der Waals surface area contributed by atoms with E-state index in [1.54, 1.807) is 24.4 Å². The number of piperidine rings is 1. The number of benzene rings is 1. The molecule has 4 nitrogen and oxygen atoms in total. The van der Waals surface area contributed by atoms with Gasteiger partial charge in [-0.25, -0.2) is 4.39 Å². The van der Waals surface area contributed by atoms with E-state index < -0.39 is 0 Å². The SMILES string of the molecule is COc1cccc(-c2cncc(N3CC4CNC(C4)C3)c2)c1F. The van der Waals surface area contributed by atoms with Crippen molar-refractivity contribution in [3.8, 4) is 16.9 Å². The Bertz CT molecular complexity index is 709. The van der Waals surface area contributed by atoms with Gasteiger partial charge in [0.1, 0.15) is 0 Å². The van der Waals surface area contributed by atoms with E-state index in [9.17, 15) is 4.39 Å². The molecule has 120 valence electrons. The van der Waals surface area contributed by atoms with Crippen LogP contribution in [0, 0.1) is 11.7 Å². The summed E-state index contributed by atoms with van der Waals surface area (Å²) >= 11 is 0. The van der Waals surface area contributed by atoms with Gasteiger partial charge < -0.3 is 15.0 Å². The molecule has 5 heteroatoms. The summed E-state index contributed by atoms with van der Waals surface area (Å²) in [5, 5.41) is 3.55. The van der Waals surface area contributed by atoms with Gasteiger partial charge in [-0.3, -0.25) is 4.98 Å². The number of hydrogen-bond donors (Lipinski definition) is 1. The minimum absolute atomic E-state index is 0.258. The maximum absolute atomic E-state index is 14.5. The first-order valence-electron chi connectivity index (χ1n) is 8.01. The fraction of sp³-hybridized carbons (Fsp3) is 0.389. The third-order valence-corrected chi connectivity index (χ3v) is 4.82. The molecule has 1 aromatic heterocycles. The molecule has 0 aliphatic carbocycles. The molecular weight excluding hydrogens is 293 g/mol. The van der Waals surface area contributed by atoms with Gasteiger partial charge in [0.15, 0.2) is 11.6 Å². The minimum Gasteiger partial charge on any atom is -0.494 e. The Hall–Kier alpha value is -2.14. The van der Waals surface area contributed by atoms with Crippen LogP contribution < -0.4 is 15.0 Å². The van der Waals surface area contributed by atoms with E-state index in [1.165, 1.54) is 13.5 Å². The number of hydrogen-bond acceptors (Lipinski definition) is 4. The van der Waals surface area contributed by atoms with Crippen molar-refractivity contribution in [3.05, 3.63) is 42.5 Å². The molecule has 1 aromatic carbocycles. The fourth-order valence-electron chi connectivity index (χ4n) is 3.68. The highest BCUT2D eigenvalue weighted by molar-refractivity contribution is 5.69. The van der Waals surface area contributed by atoms with Crippen molar-refractivity contribution in [1.29, 1.82) is 0 Å². The van der Waals surface area contributed by atoms with Gasteiger partial charge in [0.2, 0.25) is 0 Å². The van der Waals surface area contributed by atoms with Gasteiger partial charge in [-0.1, -0.05) is 12.1 Å². The summed E-state index contributed by atoms with van der Waals surface area (Å²) < 4.78 is 19.6. The van der Waals surface area contributed by atoms with Crippen LogP contribution in [0.3, 0.4) is 0 Å². The second-order valence-corrected chi connectivity index (χ2v) is 6.37. The molecule has 2 bridgehead atoms. The highest BCUT2D eigenvalue weighted by Gasteiger charge is 2.32. The number of fused-ring (bicyclic) bond motifs is 2. The van der Waals surface area contributed by atoms with Crippen LogP contribution in [0.15, 0.2) is 36.7 Å². The van der Waals surface area contributed by atoms with E-state index in [-0.39, 0.29) is 11.6 Å². The van der Waals surface area contributed by atoms with Gasteiger partial charge in [0, 0.05) is 43.0 Å². The standard InChI is InChI=1S/C18H20FN3O/c1-23-17-4-2-3-16(18(17)19)13-6-15(9-20-8-13)22-10-12-5-14(11-22)21-7-12/h2-4,6,8-9,12,14,21H,5,7,10-11H2,1H3. The van der Waals surface area contributed by atoms with Crippen LogP contribution in [0.2, 0.25) is 0 Å². The second-order valence-electron chi connectivity index (χ2n) is 6.37. The Morgan fingerprint density at radius 1 is 1.30 bits per heavy atom. The number of methoxy groups -OCH3 is 1. The monoisotopic (exact) mass is 313 g/mol. The average Bonchev–Trinajstić information content (AvgIpc) is 2.93. The molecule has 4 rings (SSSR count). The molecule has 23 heavy (non-hydrogen) atoms. The molecule has 1 N–H and O–H groups in total. The van der Waals surface area contributed by atoms with Gasteiger partial charge in [-0.2, -0.15) is 0 Å². The summed E-state index contributed by atoms with van der Waals surface area (Å²) in [6.45, 7) is 3.12. The Kier molecular flexibility index (Phi) is 3.65. The zero-order valence-corrected chi connectivity index (χ0v) is 13.1. The summed E-state index contributed by atoms with van der Waals surface area (Å²) in [5.41, 5.74) is 2.37. The summed E-state index contributed by atoms with van der Waals surface area (Å²) in [6.07, 6.45) is 4.83. The number of aromatic nitrogens is 1. The molecule has 2 fully saturated rings. The number of anilines is 1. The fourth-order valence-corrected chi connectivity index (χ4v) is 3.68. The number of halogens is 1. The van der Waals surface area contributed by atoms with E-state index in [1.807, 2.05) is 12.3 Å². The number of nitrogens with zero attached hydrogens (tertiary/aromatic N) is 2. The third kappa shape index (κ3) is 2.65. The lowest BCUT2D eigenvalue weighted by Gasteiger charge is -2.32. The summed E-state index contributed by atoms with van der Waals surface area (Å²) in [7, 11) is 1.48. The van der Waals surface area contributed by atoms with E-state index in [4.69, 9.17) is 4.74 Å². The first-order valence-corrected chi connectivity index (χ1v) is 8.01. The summed E-state index contributed by atoms with van der Waals surface area (Å²) in [4.78, 5) is 6.69. The number of ether oxygens (including phenoxy) is 1. The van der Waals surface area contributed by atoms with E-state index in [0.29, 0.717) is 17.5 Å². The number of rotatable bonds is 3. The molecule has 2 saturated heterocycles. The van der Waals surface area contributed by atoms with E-state index >= 15 is 0 Å². The van der Waals surface area contributed by atoms with Crippen LogP contribution in [0.5, 0.6) is 5.75 Å². The lowest BCUT2D eigenvalue weighted by atomic mass is 9.99. The van der Waals surface area contributed by atoms with Crippen molar-refractivity contribution < 1.29 is 9.13 Å². The van der Waals surface area contributed by atoms with Crippen LogP contribution in [0.4, 0.5) is 10.1 Å². The molecule has 3 heterocycles. The lowest BCUT2D eigenvalue weighted by molar-refractivity contribution is 0.387.